The lowest BCUT2D eigenvalue weighted by Gasteiger charge is -2.25. The molecule has 2 aromatic heterocycles. The van der Waals surface area contributed by atoms with E-state index in [0.29, 0.717) is 17.5 Å². The number of amides is 3. The number of hydrogen-bond acceptors (Lipinski definition) is 5. The molecule has 0 saturated carbocycles. The molecule has 3 rings (SSSR count). The van der Waals surface area contributed by atoms with Gasteiger partial charge in [0.15, 0.2) is 6.29 Å². The number of nitrogens with one attached hydrogen (secondary N) is 1. The van der Waals surface area contributed by atoms with Crippen molar-refractivity contribution in [2.45, 2.75) is 6.42 Å². The van der Waals surface area contributed by atoms with Gasteiger partial charge in [0.2, 0.25) is 5.91 Å². The summed E-state index contributed by atoms with van der Waals surface area (Å²) in [5.41, 5.74) is 0.262. The molecule has 21 heavy (non-hydrogen) atoms. The van der Waals surface area contributed by atoms with Gasteiger partial charge in [-0.05, 0) is 12.1 Å². The minimum atomic E-state index is -0.656. The van der Waals surface area contributed by atoms with Crippen LogP contribution < -0.4 is 15.8 Å². The minimum absolute atomic E-state index is 0.0561. The highest BCUT2D eigenvalue weighted by Gasteiger charge is 2.26. The third-order valence-corrected chi connectivity index (χ3v) is 3.19. The van der Waals surface area contributed by atoms with E-state index in [1.807, 2.05) is 0 Å². The lowest BCUT2D eigenvalue weighted by atomic mass is 10.2. The number of hydrogen-bond donors (Lipinski definition) is 1. The Bertz CT molecular complexity index is 827. The van der Waals surface area contributed by atoms with Crippen molar-refractivity contribution in [3.05, 3.63) is 40.4 Å². The highest BCUT2D eigenvalue weighted by Crippen LogP contribution is 2.12. The number of pyridine rings is 1. The Morgan fingerprint density at radius 2 is 2.05 bits per heavy atom. The largest absolute Gasteiger partial charge is 0.328 e. The van der Waals surface area contributed by atoms with E-state index in [1.54, 1.807) is 6.07 Å². The van der Waals surface area contributed by atoms with E-state index in [2.05, 4.69) is 10.3 Å². The molecular weight excluding hydrogens is 276 g/mol. The summed E-state index contributed by atoms with van der Waals surface area (Å²) in [4.78, 5) is 51.4. The summed E-state index contributed by atoms with van der Waals surface area (Å²) in [7, 11) is 0. The molecule has 0 radical (unpaired) electrons. The molecule has 2 aromatic rings. The molecule has 0 unspecified atom stereocenters. The van der Waals surface area contributed by atoms with Gasteiger partial charge in [0.05, 0.1) is 6.20 Å². The Hall–Kier alpha value is -3.03. The third-order valence-electron chi connectivity index (χ3n) is 3.19. The molecule has 0 spiro atoms. The summed E-state index contributed by atoms with van der Waals surface area (Å²) in [6.07, 6.45) is 3.37. The van der Waals surface area contributed by atoms with Gasteiger partial charge in [0.1, 0.15) is 11.3 Å². The Kier molecular flexibility index (Phi) is 2.98. The van der Waals surface area contributed by atoms with E-state index < -0.39 is 11.6 Å². The van der Waals surface area contributed by atoms with Crippen LogP contribution in [0.15, 0.2) is 29.3 Å². The summed E-state index contributed by atoms with van der Waals surface area (Å²) in [5.74, 6) is -0.381. The van der Waals surface area contributed by atoms with Crippen LogP contribution in [0.25, 0.3) is 5.65 Å². The van der Waals surface area contributed by atoms with Crippen LogP contribution in [0.5, 0.6) is 0 Å². The fraction of sp³-hybridized carbons (Fsp3) is 0.154. The number of fused-ring (bicyclic) bond motifs is 1. The maximum atomic E-state index is 12.4. The number of nitrogens with zero attached hydrogens (tertiary/aromatic N) is 3. The third kappa shape index (κ3) is 2.16. The smallest absolute Gasteiger partial charge is 0.298 e. The molecule has 3 heterocycles. The standard InChI is InChI=1S/C13H10N4O4/c18-7-8-1-2-10-14-5-9(12(20)17(10)6-8)16-4-3-11(19)15-13(16)21/h1-2,5-7H,3-4H2,(H,15,19,21). The first-order chi connectivity index (χ1) is 10.1. The molecule has 8 heteroatoms. The minimum Gasteiger partial charge on any atom is -0.298 e. The lowest BCUT2D eigenvalue weighted by Crippen LogP contribution is -2.51. The molecule has 1 saturated heterocycles. The number of urea groups is 1. The van der Waals surface area contributed by atoms with E-state index in [1.165, 1.54) is 22.9 Å². The van der Waals surface area contributed by atoms with Crippen LogP contribution >= 0.6 is 0 Å². The Balaban J connectivity index is 2.13. The van der Waals surface area contributed by atoms with Gasteiger partial charge < -0.3 is 0 Å². The second kappa shape index (κ2) is 4.82. The average molecular weight is 286 g/mol. The Labute approximate surface area is 118 Å². The number of rotatable bonds is 2. The first-order valence-electron chi connectivity index (χ1n) is 6.18. The van der Waals surface area contributed by atoms with Crippen LogP contribution in [0.3, 0.4) is 0 Å². The van der Waals surface area contributed by atoms with Gasteiger partial charge >= 0.3 is 6.03 Å². The summed E-state index contributed by atoms with van der Waals surface area (Å²) in [5, 5.41) is 2.14. The molecular formula is C13H10N4O4. The van der Waals surface area contributed by atoms with Gasteiger partial charge in [-0.2, -0.15) is 0 Å². The summed E-state index contributed by atoms with van der Waals surface area (Å²) in [6, 6.07) is 2.42. The van der Waals surface area contributed by atoms with Crippen molar-refractivity contribution in [2.24, 2.45) is 0 Å². The lowest BCUT2D eigenvalue weighted by molar-refractivity contribution is -0.120. The van der Waals surface area contributed by atoms with E-state index in [0.717, 1.165) is 4.90 Å². The van der Waals surface area contributed by atoms with Gasteiger partial charge in [-0.25, -0.2) is 9.78 Å². The molecule has 1 aliphatic heterocycles. The van der Waals surface area contributed by atoms with Gasteiger partial charge in [0.25, 0.3) is 5.56 Å². The number of carbonyl (C=O) groups is 3. The fourth-order valence-electron chi connectivity index (χ4n) is 2.13. The fourth-order valence-corrected chi connectivity index (χ4v) is 2.13. The second-order valence-electron chi connectivity index (χ2n) is 4.51. The number of aldehydes is 1. The zero-order chi connectivity index (χ0) is 15.0. The number of aromatic nitrogens is 2. The van der Waals surface area contributed by atoms with Gasteiger partial charge in [0, 0.05) is 24.7 Å². The van der Waals surface area contributed by atoms with Crippen molar-refractivity contribution in [3.8, 4) is 0 Å². The van der Waals surface area contributed by atoms with Crippen molar-refractivity contribution in [1.29, 1.82) is 0 Å². The zero-order valence-corrected chi connectivity index (χ0v) is 10.8. The Morgan fingerprint density at radius 3 is 2.76 bits per heavy atom. The van der Waals surface area contributed by atoms with Crippen molar-refractivity contribution in [3.63, 3.8) is 0 Å². The van der Waals surface area contributed by atoms with Crippen molar-refractivity contribution in [1.82, 2.24) is 14.7 Å². The first-order valence-corrected chi connectivity index (χ1v) is 6.18. The van der Waals surface area contributed by atoms with Gasteiger partial charge in [-0.15, -0.1) is 0 Å². The highest BCUT2D eigenvalue weighted by molar-refractivity contribution is 6.05. The van der Waals surface area contributed by atoms with Crippen molar-refractivity contribution in [2.75, 3.05) is 11.4 Å². The SMILES string of the molecule is O=Cc1ccc2ncc(N3CCC(=O)NC3=O)c(=O)n2c1. The summed E-state index contributed by atoms with van der Waals surface area (Å²) >= 11 is 0. The Morgan fingerprint density at radius 1 is 1.24 bits per heavy atom. The van der Waals surface area contributed by atoms with Crippen LogP contribution in [-0.2, 0) is 4.79 Å². The number of carbonyl (C=O) groups excluding carboxylic acids is 3. The molecule has 1 N–H and O–H groups in total. The van der Waals surface area contributed by atoms with Crippen LogP contribution in [-0.4, -0.2) is 34.2 Å². The molecule has 0 aromatic carbocycles. The maximum absolute atomic E-state index is 12.4. The normalized spacial score (nSPS) is 15.1. The predicted molar refractivity (Wildman–Crippen MR) is 72.4 cm³/mol. The molecule has 1 fully saturated rings. The first kappa shape index (κ1) is 13.0. The molecule has 0 atom stereocenters. The summed E-state index contributed by atoms with van der Waals surface area (Å²) in [6.45, 7) is 0.112. The van der Waals surface area contributed by atoms with Crippen LogP contribution in [0.1, 0.15) is 16.8 Å². The van der Waals surface area contributed by atoms with Crippen LogP contribution in [0.4, 0.5) is 10.5 Å². The van der Waals surface area contributed by atoms with Crippen LogP contribution in [0, 0.1) is 0 Å². The highest BCUT2D eigenvalue weighted by atomic mass is 16.2. The second-order valence-corrected chi connectivity index (χ2v) is 4.51. The molecule has 8 nitrogen and oxygen atoms in total. The van der Waals surface area contributed by atoms with E-state index in [-0.39, 0.29) is 24.6 Å². The predicted octanol–water partition coefficient (Wildman–Crippen LogP) is -0.0467. The maximum Gasteiger partial charge on any atom is 0.328 e. The zero-order valence-electron chi connectivity index (χ0n) is 10.8. The van der Waals surface area contributed by atoms with E-state index in [9.17, 15) is 19.2 Å². The molecule has 0 bridgehead atoms. The quantitative estimate of drug-likeness (QED) is 0.780. The average Bonchev–Trinajstić information content (AvgIpc) is 2.48. The number of imide groups is 1. The topological polar surface area (TPSA) is 101 Å². The molecule has 3 amide bonds. The van der Waals surface area contributed by atoms with Crippen LogP contribution in [0.2, 0.25) is 0 Å². The van der Waals surface area contributed by atoms with Gasteiger partial charge in [-0.3, -0.25) is 29.0 Å². The van der Waals surface area contributed by atoms with Crippen molar-refractivity contribution >= 4 is 29.6 Å². The van der Waals surface area contributed by atoms with Gasteiger partial charge in [-0.1, -0.05) is 0 Å². The number of anilines is 1. The summed E-state index contributed by atoms with van der Waals surface area (Å²) < 4.78 is 1.20. The molecule has 0 aliphatic carbocycles. The van der Waals surface area contributed by atoms with Crippen molar-refractivity contribution < 1.29 is 14.4 Å². The molecule has 106 valence electrons. The molecule has 1 aliphatic rings. The van der Waals surface area contributed by atoms with E-state index >= 15 is 0 Å². The van der Waals surface area contributed by atoms with E-state index in [4.69, 9.17) is 0 Å². The monoisotopic (exact) mass is 286 g/mol.